The summed E-state index contributed by atoms with van der Waals surface area (Å²) in [5.41, 5.74) is -0.191. The van der Waals surface area contributed by atoms with Crippen LogP contribution >= 0.6 is 0 Å². The summed E-state index contributed by atoms with van der Waals surface area (Å²) in [5, 5.41) is 6.51. The fourth-order valence-corrected chi connectivity index (χ4v) is 2.97. The Balaban J connectivity index is 1.74. The zero-order valence-electron chi connectivity index (χ0n) is 11.8. The molecule has 104 valence electrons. The zero-order chi connectivity index (χ0) is 13.0. The number of piperidine rings is 2. The molecular formula is C14H27N3O. The first-order chi connectivity index (χ1) is 8.60. The van der Waals surface area contributed by atoms with Crippen LogP contribution in [0.3, 0.4) is 0 Å². The Morgan fingerprint density at radius 2 is 2.17 bits per heavy atom. The number of nitrogens with zero attached hydrogens (tertiary/aromatic N) is 1. The van der Waals surface area contributed by atoms with Gasteiger partial charge in [0, 0.05) is 13.1 Å². The molecule has 4 nitrogen and oxygen atoms in total. The number of nitrogens with one attached hydrogen (secondary N) is 2. The lowest BCUT2D eigenvalue weighted by Gasteiger charge is -2.34. The molecule has 2 heterocycles. The van der Waals surface area contributed by atoms with Crippen molar-refractivity contribution in [2.24, 2.45) is 11.3 Å². The number of hydrogen-bond donors (Lipinski definition) is 2. The van der Waals surface area contributed by atoms with Crippen LogP contribution in [-0.4, -0.2) is 50.6 Å². The fourth-order valence-electron chi connectivity index (χ4n) is 2.97. The third-order valence-corrected chi connectivity index (χ3v) is 4.53. The summed E-state index contributed by atoms with van der Waals surface area (Å²) in [6.07, 6.45) is 4.55. The molecule has 2 rings (SSSR count). The summed E-state index contributed by atoms with van der Waals surface area (Å²) in [4.78, 5) is 14.6. The quantitative estimate of drug-likeness (QED) is 0.783. The van der Waals surface area contributed by atoms with Crippen LogP contribution in [0.4, 0.5) is 0 Å². The molecule has 0 aliphatic carbocycles. The zero-order valence-corrected chi connectivity index (χ0v) is 11.8. The predicted octanol–water partition coefficient (Wildman–Crippen LogP) is 0.834. The second-order valence-corrected chi connectivity index (χ2v) is 6.30. The molecular weight excluding hydrogens is 226 g/mol. The minimum absolute atomic E-state index is 0.191. The Labute approximate surface area is 110 Å². The van der Waals surface area contributed by atoms with Crippen LogP contribution in [0.2, 0.25) is 0 Å². The van der Waals surface area contributed by atoms with Gasteiger partial charge in [-0.25, -0.2) is 0 Å². The molecule has 0 aromatic rings. The molecule has 2 saturated heterocycles. The van der Waals surface area contributed by atoms with E-state index in [4.69, 9.17) is 0 Å². The molecule has 1 unspecified atom stereocenters. The highest BCUT2D eigenvalue weighted by Crippen LogP contribution is 2.25. The summed E-state index contributed by atoms with van der Waals surface area (Å²) >= 11 is 0. The Morgan fingerprint density at radius 1 is 1.44 bits per heavy atom. The van der Waals surface area contributed by atoms with Crippen molar-refractivity contribution in [1.82, 2.24) is 15.5 Å². The normalized spacial score (nSPS) is 31.2. The Kier molecular flexibility index (Phi) is 4.62. The first-order valence-electron chi connectivity index (χ1n) is 7.28. The minimum Gasteiger partial charge on any atom is -0.355 e. The molecule has 2 aliphatic heterocycles. The minimum atomic E-state index is -0.191. The third-order valence-electron chi connectivity index (χ3n) is 4.53. The molecule has 0 bridgehead atoms. The van der Waals surface area contributed by atoms with Crippen molar-refractivity contribution in [2.45, 2.75) is 32.6 Å². The predicted molar refractivity (Wildman–Crippen MR) is 73.4 cm³/mol. The molecule has 2 N–H and O–H groups in total. The lowest BCUT2D eigenvalue weighted by atomic mass is 9.81. The second kappa shape index (κ2) is 6.02. The van der Waals surface area contributed by atoms with Crippen LogP contribution in [0, 0.1) is 11.3 Å². The summed E-state index contributed by atoms with van der Waals surface area (Å²) in [5.74, 6) is 0.916. The van der Waals surface area contributed by atoms with E-state index in [0.717, 1.165) is 32.5 Å². The Hall–Kier alpha value is -0.610. The maximum Gasteiger partial charge on any atom is 0.227 e. The first kappa shape index (κ1) is 13.8. The molecule has 2 fully saturated rings. The molecule has 4 heteroatoms. The number of amides is 1. The molecule has 0 saturated carbocycles. The molecule has 2 aliphatic rings. The maximum atomic E-state index is 12.3. The summed E-state index contributed by atoms with van der Waals surface area (Å²) < 4.78 is 0. The Bertz CT molecular complexity index is 279. The van der Waals surface area contributed by atoms with Crippen molar-refractivity contribution in [1.29, 1.82) is 0 Å². The fraction of sp³-hybridized carbons (Fsp3) is 0.929. The van der Waals surface area contributed by atoms with Gasteiger partial charge in [-0.3, -0.25) is 4.79 Å². The van der Waals surface area contributed by atoms with E-state index in [1.54, 1.807) is 0 Å². The van der Waals surface area contributed by atoms with Gasteiger partial charge in [0.25, 0.3) is 0 Å². The molecule has 0 aromatic carbocycles. The number of likely N-dealkylation sites (tertiary alicyclic amines) is 1. The van der Waals surface area contributed by atoms with E-state index in [1.165, 1.54) is 25.9 Å². The van der Waals surface area contributed by atoms with Crippen LogP contribution in [-0.2, 0) is 4.79 Å². The molecule has 0 radical (unpaired) electrons. The van der Waals surface area contributed by atoms with Gasteiger partial charge in [-0.2, -0.15) is 0 Å². The number of carbonyl (C=O) groups is 1. The molecule has 0 aromatic heterocycles. The average molecular weight is 253 g/mol. The van der Waals surface area contributed by atoms with Crippen molar-refractivity contribution in [3.8, 4) is 0 Å². The van der Waals surface area contributed by atoms with Gasteiger partial charge in [0.15, 0.2) is 0 Å². The summed E-state index contributed by atoms with van der Waals surface area (Å²) in [6.45, 7) is 7.16. The highest BCUT2D eigenvalue weighted by Gasteiger charge is 2.34. The van der Waals surface area contributed by atoms with E-state index >= 15 is 0 Å². The highest BCUT2D eigenvalue weighted by atomic mass is 16.2. The largest absolute Gasteiger partial charge is 0.355 e. The van der Waals surface area contributed by atoms with Gasteiger partial charge in [0.05, 0.1) is 5.41 Å². The Morgan fingerprint density at radius 3 is 2.78 bits per heavy atom. The van der Waals surface area contributed by atoms with E-state index in [0.29, 0.717) is 5.92 Å². The van der Waals surface area contributed by atoms with Crippen molar-refractivity contribution in [3.05, 3.63) is 0 Å². The monoisotopic (exact) mass is 253 g/mol. The van der Waals surface area contributed by atoms with Crippen molar-refractivity contribution >= 4 is 5.91 Å². The average Bonchev–Trinajstić information content (AvgIpc) is 2.38. The molecule has 1 atom stereocenters. The maximum absolute atomic E-state index is 12.3. The van der Waals surface area contributed by atoms with Crippen molar-refractivity contribution in [2.75, 3.05) is 39.8 Å². The summed E-state index contributed by atoms with van der Waals surface area (Å²) in [6, 6.07) is 0. The standard InChI is InChI=1S/C14H27N3O/c1-14(6-3-7-15-11-14)13(18)16-10-12-4-8-17(2)9-5-12/h12,15H,3-11H2,1-2H3,(H,16,18). The van der Waals surface area contributed by atoms with Crippen LogP contribution in [0.15, 0.2) is 0 Å². The summed E-state index contributed by atoms with van der Waals surface area (Å²) in [7, 11) is 2.17. The van der Waals surface area contributed by atoms with Gasteiger partial charge in [0.1, 0.15) is 0 Å². The van der Waals surface area contributed by atoms with Crippen LogP contribution in [0.25, 0.3) is 0 Å². The van der Waals surface area contributed by atoms with Gasteiger partial charge in [-0.1, -0.05) is 0 Å². The highest BCUT2D eigenvalue weighted by molar-refractivity contribution is 5.82. The lowest BCUT2D eigenvalue weighted by Crippen LogP contribution is -2.50. The second-order valence-electron chi connectivity index (χ2n) is 6.30. The third kappa shape index (κ3) is 3.45. The van der Waals surface area contributed by atoms with E-state index in [-0.39, 0.29) is 11.3 Å². The van der Waals surface area contributed by atoms with Gasteiger partial charge in [0.2, 0.25) is 5.91 Å². The number of carbonyl (C=O) groups excluding carboxylic acids is 1. The number of rotatable bonds is 3. The SMILES string of the molecule is CN1CCC(CNC(=O)C2(C)CCCNC2)CC1. The number of hydrogen-bond acceptors (Lipinski definition) is 3. The van der Waals surface area contributed by atoms with E-state index < -0.39 is 0 Å². The van der Waals surface area contributed by atoms with Gasteiger partial charge in [-0.15, -0.1) is 0 Å². The molecule has 1 amide bonds. The van der Waals surface area contributed by atoms with E-state index in [9.17, 15) is 4.79 Å². The lowest BCUT2D eigenvalue weighted by molar-refractivity contribution is -0.131. The van der Waals surface area contributed by atoms with E-state index in [1.807, 2.05) is 0 Å². The molecule has 0 spiro atoms. The van der Waals surface area contributed by atoms with E-state index in [2.05, 4.69) is 29.5 Å². The van der Waals surface area contributed by atoms with Gasteiger partial charge >= 0.3 is 0 Å². The topological polar surface area (TPSA) is 44.4 Å². The smallest absolute Gasteiger partial charge is 0.227 e. The van der Waals surface area contributed by atoms with Crippen molar-refractivity contribution < 1.29 is 4.79 Å². The first-order valence-corrected chi connectivity index (χ1v) is 7.28. The van der Waals surface area contributed by atoms with Gasteiger partial charge in [-0.05, 0) is 65.2 Å². The van der Waals surface area contributed by atoms with Crippen LogP contribution in [0.5, 0.6) is 0 Å². The van der Waals surface area contributed by atoms with Crippen molar-refractivity contribution in [3.63, 3.8) is 0 Å². The molecule has 18 heavy (non-hydrogen) atoms. The van der Waals surface area contributed by atoms with Crippen LogP contribution in [0.1, 0.15) is 32.6 Å². The van der Waals surface area contributed by atoms with Gasteiger partial charge < -0.3 is 15.5 Å². The van der Waals surface area contributed by atoms with Crippen LogP contribution < -0.4 is 10.6 Å².